The predicted octanol–water partition coefficient (Wildman–Crippen LogP) is 4.41. The molecule has 0 radical (unpaired) electrons. The number of hydrogen-bond acceptors (Lipinski definition) is 3. The lowest BCUT2D eigenvalue weighted by molar-refractivity contribution is 0.0698. The van der Waals surface area contributed by atoms with E-state index in [4.69, 9.17) is 0 Å². The Morgan fingerprint density at radius 3 is 2.12 bits per heavy atom. The number of carbonyl (C=O) groups excluding carboxylic acids is 1. The van der Waals surface area contributed by atoms with Crippen molar-refractivity contribution in [2.75, 3.05) is 0 Å². The number of aldehydes is 1. The molecule has 1 heterocycles. The van der Waals surface area contributed by atoms with E-state index in [1.54, 1.807) is 30.3 Å². The fraction of sp³-hybridized carbons (Fsp3) is 0. The molecule has 0 spiro atoms. The SMILES string of the molecule is O=Cc1ccc(-c2ccc(-c3nc4c(C(=O)O)cccc4[nH]3)cc2)cc1. The van der Waals surface area contributed by atoms with Crippen molar-refractivity contribution in [3.8, 4) is 22.5 Å². The number of imidazole rings is 1. The van der Waals surface area contributed by atoms with Crippen LogP contribution in [0.4, 0.5) is 0 Å². The molecule has 0 amide bonds. The Balaban J connectivity index is 1.70. The number of aromatic amines is 1. The first-order valence-electron chi connectivity index (χ1n) is 8.04. The minimum atomic E-state index is -0.997. The van der Waals surface area contributed by atoms with Gasteiger partial charge in [0.1, 0.15) is 17.6 Å². The van der Waals surface area contributed by atoms with Gasteiger partial charge in [-0.1, -0.05) is 54.6 Å². The Kier molecular flexibility index (Phi) is 3.82. The third-order valence-electron chi connectivity index (χ3n) is 4.28. The average molecular weight is 342 g/mol. The highest BCUT2D eigenvalue weighted by atomic mass is 16.4. The van der Waals surface area contributed by atoms with Gasteiger partial charge in [0.15, 0.2) is 0 Å². The van der Waals surface area contributed by atoms with Crippen LogP contribution in [0.1, 0.15) is 20.7 Å². The van der Waals surface area contributed by atoms with Crippen LogP contribution >= 0.6 is 0 Å². The number of H-pyrrole nitrogens is 1. The van der Waals surface area contributed by atoms with E-state index in [2.05, 4.69) is 9.97 Å². The van der Waals surface area contributed by atoms with Crippen molar-refractivity contribution < 1.29 is 14.7 Å². The molecule has 0 atom stereocenters. The third kappa shape index (κ3) is 2.75. The molecule has 0 unspecified atom stereocenters. The lowest BCUT2D eigenvalue weighted by Crippen LogP contribution is -1.96. The second-order valence-electron chi connectivity index (χ2n) is 5.91. The molecule has 0 saturated carbocycles. The van der Waals surface area contributed by atoms with Gasteiger partial charge in [-0.15, -0.1) is 0 Å². The number of carboxylic acid groups (broad SMARTS) is 1. The van der Waals surface area contributed by atoms with Crippen molar-refractivity contribution in [1.82, 2.24) is 9.97 Å². The molecule has 0 aliphatic rings. The second-order valence-corrected chi connectivity index (χ2v) is 5.91. The van der Waals surface area contributed by atoms with Crippen LogP contribution in [0.15, 0.2) is 66.7 Å². The van der Waals surface area contributed by atoms with Crippen LogP contribution in [0.3, 0.4) is 0 Å². The lowest BCUT2D eigenvalue weighted by Gasteiger charge is -2.03. The number of aromatic carboxylic acids is 1. The predicted molar refractivity (Wildman–Crippen MR) is 99.3 cm³/mol. The molecule has 5 heteroatoms. The van der Waals surface area contributed by atoms with Crippen LogP contribution in [0.5, 0.6) is 0 Å². The number of benzene rings is 3. The number of fused-ring (bicyclic) bond motifs is 1. The number of para-hydroxylation sites is 1. The lowest BCUT2D eigenvalue weighted by atomic mass is 10.0. The summed E-state index contributed by atoms with van der Waals surface area (Å²) in [5.74, 6) is -0.376. The van der Waals surface area contributed by atoms with E-state index in [1.807, 2.05) is 36.4 Å². The van der Waals surface area contributed by atoms with Crippen molar-refractivity contribution in [1.29, 1.82) is 0 Å². The van der Waals surface area contributed by atoms with Gasteiger partial charge in [-0.05, 0) is 23.3 Å². The molecule has 126 valence electrons. The molecule has 0 aliphatic carbocycles. The molecule has 0 fully saturated rings. The molecular formula is C21H14N2O3. The molecule has 3 aromatic carbocycles. The Morgan fingerprint density at radius 1 is 0.885 bits per heavy atom. The molecule has 4 aromatic rings. The first-order chi connectivity index (χ1) is 12.7. The van der Waals surface area contributed by atoms with Crippen LogP contribution in [0.25, 0.3) is 33.5 Å². The van der Waals surface area contributed by atoms with Gasteiger partial charge in [0.2, 0.25) is 0 Å². The monoisotopic (exact) mass is 342 g/mol. The normalized spacial score (nSPS) is 10.8. The van der Waals surface area contributed by atoms with Crippen LogP contribution in [-0.2, 0) is 0 Å². The topological polar surface area (TPSA) is 83.1 Å². The fourth-order valence-corrected chi connectivity index (χ4v) is 2.92. The summed E-state index contributed by atoms with van der Waals surface area (Å²) >= 11 is 0. The zero-order valence-electron chi connectivity index (χ0n) is 13.6. The van der Waals surface area contributed by atoms with Crippen molar-refractivity contribution in [2.24, 2.45) is 0 Å². The molecule has 5 nitrogen and oxygen atoms in total. The summed E-state index contributed by atoms with van der Waals surface area (Å²) in [6, 6.07) is 20.2. The fourth-order valence-electron chi connectivity index (χ4n) is 2.92. The maximum Gasteiger partial charge on any atom is 0.337 e. The smallest absolute Gasteiger partial charge is 0.337 e. The summed E-state index contributed by atoms with van der Waals surface area (Å²) in [5, 5.41) is 9.29. The summed E-state index contributed by atoms with van der Waals surface area (Å²) in [7, 11) is 0. The highest BCUT2D eigenvalue weighted by Gasteiger charge is 2.13. The van der Waals surface area contributed by atoms with Crippen LogP contribution < -0.4 is 0 Å². The zero-order chi connectivity index (χ0) is 18.1. The van der Waals surface area contributed by atoms with Crippen molar-refractivity contribution in [3.05, 3.63) is 77.9 Å². The zero-order valence-corrected chi connectivity index (χ0v) is 13.6. The molecule has 26 heavy (non-hydrogen) atoms. The maximum absolute atomic E-state index is 11.3. The standard InChI is InChI=1S/C21H14N2O3/c24-12-13-4-6-14(7-5-13)15-8-10-16(11-9-15)20-22-18-3-1-2-17(21(25)26)19(18)23-20/h1-12H,(H,22,23)(H,25,26). The summed E-state index contributed by atoms with van der Waals surface area (Å²) in [5.41, 5.74) is 4.86. The van der Waals surface area contributed by atoms with Gasteiger partial charge >= 0.3 is 5.97 Å². The number of hydrogen-bond donors (Lipinski definition) is 2. The van der Waals surface area contributed by atoms with E-state index < -0.39 is 5.97 Å². The summed E-state index contributed by atoms with van der Waals surface area (Å²) in [6.45, 7) is 0. The number of nitrogens with one attached hydrogen (secondary N) is 1. The number of rotatable bonds is 4. The Hall–Kier alpha value is -3.73. The second kappa shape index (κ2) is 6.29. The molecule has 0 saturated heterocycles. The van der Waals surface area contributed by atoms with Gasteiger partial charge < -0.3 is 10.1 Å². The Labute approximate surface area is 149 Å². The third-order valence-corrected chi connectivity index (χ3v) is 4.28. The molecule has 1 aromatic heterocycles. The molecule has 2 N–H and O–H groups in total. The van der Waals surface area contributed by atoms with Gasteiger partial charge in [-0.3, -0.25) is 4.79 Å². The highest BCUT2D eigenvalue weighted by Crippen LogP contribution is 2.26. The minimum Gasteiger partial charge on any atom is -0.478 e. The van der Waals surface area contributed by atoms with Gasteiger partial charge in [0.05, 0.1) is 11.1 Å². The van der Waals surface area contributed by atoms with Crippen molar-refractivity contribution >= 4 is 23.3 Å². The first kappa shape index (κ1) is 15.8. The molecule has 0 aliphatic heterocycles. The van der Waals surface area contributed by atoms with E-state index >= 15 is 0 Å². The van der Waals surface area contributed by atoms with Crippen molar-refractivity contribution in [2.45, 2.75) is 0 Å². The Morgan fingerprint density at radius 2 is 1.50 bits per heavy atom. The maximum atomic E-state index is 11.3. The molecule has 0 bridgehead atoms. The van der Waals surface area contributed by atoms with E-state index in [0.29, 0.717) is 22.4 Å². The van der Waals surface area contributed by atoms with E-state index in [9.17, 15) is 14.7 Å². The quantitative estimate of drug-likeness (QED) is 0.538. The summed E-state index contributed by atoms with van der Waals surface area (Å²) in [6.07, 6.45) is 0.819. The van der Waals surface area contributed by atoms with E-state index in [1.165, 1.54) is 0 Å². The van der Waals surface area contributed by atoms with Gasteiger partial charge in [0.25, 0.3) is 0 Å². The molecular weight excluding hydrogens is 328 g/mol. The highest BCUT2D eigenvalue weighted by molar-refractivity contribution is 6.01. The van der Waals surface area contributed by atoms with Crippen molar-refractivity contribution in [3.63, 3.8) is 0 Å². The van der Waals surface area contributed by atoms with Crippen LogP contribution in [0.2, 0.25) is 0 Å². The summed E-state index contributed by atoms with van der Waals surface area (Å²) in [4.78, 5) is 29.7. The largest absolute Gasteiger partial charge is 0.478 e. The van der Waals surface area contributed by atoms with Gasteiger partial charge in [0, 0.05) is 11.1 Å². The number of carboxylic acids is 1. The van der Waals surface area contributed by atoms with Crippen LogP contribution in [0, 0.1) is 0 Å². The Bertz CT molecular complexity index is 1110. The van der Waals surface area contributed by atoms with Gasteiger partial charge in [-0.2, -0.15) is 0 Å². The van der Waals surface area contributed by atoms with Gasteiger partial charge in [-0.25, -0.2) is 9.78 Å². The first-order valence-corrected chi connectivity index (χ1v) is 8.04. The number of carbonyl (C=O) groups is 2. The average Bonchev–Trinajstić information content (AvgIpc) is 3.12. The van der Waals surface area contributed by atoms with E-state index in [-0.39, 0.29) is 5.56 Å². The summed E-state index contributed by atoms with van der Waals surface area (Å²) < 4.78 is 0. The van der Waals surface area contributed by atoms with Crippen LogP contribution in [-0.4, -0.2) is 27.3 Å². The molecule has 4 rings (SSSR count). The minimum absolute atomic E-state index is 0.178. The number of aromatic nitrogens is 2. The van der Waals surface area contributed by atoms with E-state index in [0.717, 1.165) is 23.0 Å². The number of nitrogens with zero attached hydrogens (tertiary/aromatic N) is 1.